The van der Waals surface area contributed by atoms with Crippen LogP contribution in [-0.4, -0.2) is 23.8 Å². The Balaban J connectivity index is 1.53. The van der Waals surface area contributed by atoms with Crippen molar-refractivity contribution in [2.24, 2.45) is 0 Å². The molecular weight excluding hydrogens is 302 g/mol. The van der Waals surface area contributed by atoms with Crippen LogP contribution in [0.2, 0.25) is 0 Å². The fourth-order valence-corrected chi connectivity index (χ4v) is 3.64. The number of hydrogen-bond acceptors (Lipinski definition) is 4. The van der Waals surface area contributed by atoms with E-state index >= 15 is 0 Å². The van der Waals surface area contributed by atoms with E-state index < -0.39 is 11.8 Å². The summed E-state index contributed by atoms with van der Waals surface area (Å²) in [6, 6.07) is 2.01. The second-order valence-corrected chi connectivity index (χ2v) is 6.91. The molecule has 3 rings (SSSR count). The Hall–Kier alpha value is -1.89. The Morgan fingerprint density at radius 2 is 1.77 bits per heavy atom. The van der Waals surface area contributed by atoms with E-state index in [2.05, 4.69) is 16.2 Å². The minimum absolute atomic E-state index is 0.113. The van der Waals surface area contributed by atoms with Gasteiger partial charge in [-0.1, -0.05) is 6.42 Å². The molecule has 22 heavy (non-hydrogen) atoms. The lowest BCUT2D eigenvalue weighted by atomic mass is 10.1. The van der Waals surface area contributed by atoms with Crippen LogP contribution in [0.25, 0.3) is 0 Å². The molecular formula is C15H19N3O3S. The number of fused-ring (bicyclic) bond motifs is 1. The molecule has 2 aliphatic carbocycles. The number of carbonyl (C=O) groups excluding carboxylic acids is 3. The Kier molecular flexibility index (Phi) is 4.42. The number of hydrogen-bond donors (Lipinski definition) is 3. The van der Waals surface area contributed by atoms with Gasteiger partial charge in [0, 0.05) is 10.9 Å². The van der Waals surface area contributed by atoms with Crippen LogP contribution < -0.4 is 16.2 Å². The maximum absolute atomic E-state index is 12.1. The third-order valence-electron chi connectivity index (χ3n) is 3.88. The maximum atomic E-state index is 12.1. The topological polar surface area (TPSA) is 87.3 Å². The highest BCUT2D eigenvalue weighted by Crippen LogP contribution is 2.28. The van der Waals surface area contributed by atoms with Crippen LogP contribution in [0.5, 0.6) is 0 Å². The van der Waals surface area contributed by atoms with Gasteiger partial charge in [-0.05, 0) is 50.2 Å². The largest absolute Gasteiger partial charge is 0.345 e. The first-order valence-electron chi connectivity index (χ1n) is 7.66. The van der Waals surface area contributed by atoms with Crippen LogP contribution in [0.3, 0.4) is 0 Å². The van der Waals surface area contributed by atoms with Crippen molar-refractivity contribution in [2.45, 2.75) is 51.0 Å². The summed E-state index contributed by atoms with van der Waals surface area (Å²) in [5.41, 5.74) is 5.71. The zero-order valence-electron chi connectivity index (χ0n) is 12.2. The minimum Gasteiger partial charge on any atom is -0.345 e. The Labute approximate surface area is 132 Å². The highest BCUT2D eigenvalue weighted by Gasteiger charge is 2.26. The van der Waals surface area contributed by atoms with Crippen LogP contribution in [0.4, 0.5) is 0 Å². The van der Waals surface area contributed by atoms with Gasteiger partial charge in [0.15, 0.2) is 0 Å². The van der Waals surface area contributed by atoms with Crippen LogP contribution in [0, 0.1) is 0 Å². The molecule has 1 aromatic heterocycles. The minimum atomic E-state index is -0.835. The standard InChI is InChI=1S/C15H19N3O3S/c19-13(17-18-15(21)14(20)16-10-6-7-10)12-8-9-4-2-1-3-5-11(9)22-12/h8,10H,1-7H2,(H,16,20)(H,17,19)(H,18,21). The van der Waals surface area contributed by atoms with E-state index in [1.165, 1.54) is 28.2 Å². The van der Waals surface area contributed by atoms with Gasteiger partial charge in [-0.25, -0.2) is 0 Å². The summed E-state index contributed by atoms with van der Waals surface area (Å²) in [4.78, 5) is 36.9. The van der Waals surface area contributed by atoms with Crippen LogP contribution in [0.15, 0.2) is 6.07 Å². The molecule has 0 bridgehead atoms. The third-order valence-corrected chi connectivity index (χ3v) is 5.11. The average Bonchev–Trinajstić information content (AvgIpc) is 3.27. The van der Waals surface area contributed by atoms with Gasteiger partial charge < -0.3 is 5.32 Å². The van der Waals surface area contributed by atoms with Gasteiger partial charge >= 0.3 is 11.8 Å². The van der Waals surface area contributed by atoms with E-state index in [4.69, 9.17) is 0 Å². The molecule has 0 atom stereocenters. The molecule has 0 radical (unpaired) electrons. The number of aryl methyl sites for hydroxylation is 2. The van der Waals surface area contributed by atoms with E-state index in [0.29, 0.717) is 4.88 Å². The maximum Gasteiger partial charge on any atom is 0.327 e. The molecule has 118 valence electrons. The van der Waals surface area contributed by atoms with Crippen molar-refractivity contribution in [1.82, 2.24) is 16.2 Å². The molecule has 0 spiro atoms. The van der Waals surface area contributed by atoms with E-state index in [1.807, 2.05) is 6.07 Å². The number of rotatable bonds is 2. The molecule has 0 aromatic carbocycles. The zero-order valence-corrected chi connectivity index (χ0v) is 13.1. The molecule has 1 heterocycles. The summed E-state index contributed by atoms with van der Waals surface area (Å²) in [6.07, 6.45) is 7.39. The third kappa shape index (κ3) is 3.65. The lowest BCUT2D eigenvalue weighted by molar-refractivity contribution is -0.139. The van der Waals surface area contributed by atoms with E-state index in [1.54, 1.807) is 0 Å². The van der Waals surface area contributed by atoms with Crippen LogP contribution in [-0.2, 0) is 22.4 Å². The Bertz CT molecular complexity index is 584. The molecule has 0 saturated heterocycles. The molecule has 6 nitrogen and oxygen atoms in total. The summed E-state index contributed by atoms with van der Waals surface area (Å²) >= 11 is 1.47. The number of thiophene rings is 1. The second-order valence-electron chi connectivity index (χ2n) is 5.78. The summed E-state index contributed by atoms with van der Waals surface area (Å²) in [7, 11) is 0. The normalized spacial score (nSPS) is 17.1. The first-order valence-corrected chi connectivity index (χ1v) is 8.48. The monoisotopic (exact) mass is 321 g/mol. The summed E-state index contributed by atoms with van der Waals surface area (Å²) < 4.78 is 0. The highest BCUT2D eigenvalue weighted by atomic mass is 32.1. The molecule has 3 N–H and O–H groups in total. The quantitative estimate of drug-likeness (QED) is 0.432. The molecule has 1 fully saturated rings. The molecule has 7 heteroatoms. The van der Waals surface area contributed by atoms with Gasteiger partial charge in [0.25, 0.3) is 5.91 Å². The van der Waals surface area contributed by atoms with E-state index in [9.17, 15) is 14.4 Å². The average molecular weight is 321 g/mol. The number of hydrazine groups is 1. The first-order chi connectivity index (χ1) is 10.6. The number of carbonyl (C=O) groups is 3. The Morgan fingerprint density at radius 1 is 1.00 bits per heavy atom. The molecule has 1 saturated carbocycles. The SMILES string of the molecule is O=C(NNC(=O)c1cc2c(s1)CCCCC2)C(=O)NC1CC1. The smallest absolute Gasteiger partial charge is 0.327 e. The summed E-state index contributed by atoms with van der Waals surface area (Å²) in [5.74, 6) is -1.91. The van der Waals surface area contributed by atoms with E-state index in [0.717, 1.165) is 38.5 Å². The molecule has 0 aliphatic heterocycles. The highest BCUT2D eigenvalue weighted by molar-refractivity contribution is 7.14. The van der Waals surface area contributed by atoms with Crippen molar-refractivity contribution < 1.29 is 14.4 Å². The van der Waals surface area contributed by atoms with Gasteiger partial charge in [-0.15, -0.1) is 11.3 Å². The summed E-state index contributed by atoms with van der Waals surface area (Å²) in [5, 5.41) is 2.56. The van der Waals surface area contributed by atoms with Crippen molar-refractivity contribution >= 4 is 29.1 Å². The lowest BCUT2D eigenvalue weighted by Gasteiger charge is -2.06. The Morgan fingerprint density at radius 3 is 2.55 bits per heavy atom. The van der Waals surface area contributed by atoms with E-state index in [-0.39, 0.29) is 11.9 Å². The molecule has 0 unspecified atom stereocenters. The van der Waals surface area contributed by atoms with Gasteiger partial charge in [-0.2, -0.15) is 0 Å². The molecule has 1 aromatic rings. The van der Waals surface area contributed by atoms with Crippen LogP contribution in [0.1, 0.15) is 52.2 Å². The van der Waals surface area contributed by atoms with Gasteiger partial charge in [0.1, 0.15) is 0 Å². The van der Waals surface area contributed by atoms with Gasteiger partial charge in [0.05, 0.1) is 4.88 Å². The van der Waals surface area contributed by atoms with Crippen molar-refractivity contribution in [3.8, 4) is 0 Å². The van der Waals surface area contributed by atoms with Gasteiger partial charge in [0.2, 0.25) is 0 Å². The zero-order chi connectivity index (χ0) is 15.5. The predicted octanol–water partition coefficient (Wildman–Crippen LogP) is 1.06. The fraction of sp³-hybridized carbons (Fsp3) is 0.533. The van der Waals surface area contributed by atoms with Gasteiger partial charge in [-0.3, -0.25) is 25.2 Å². The molecule has 2 aliphatic rings. The second kappa shape index (κ2) is 6.48. The van der Waals surface area contributed by atoms with Crippen molar-refractivity contribution in [3.63, 3.8) is 0 Å². The number of nitrogens with one attached hydrogen (secondary N) is 3. The summed E-state index contributed by atoms with van der Waals surface area (Å²) in [6.45, 7) is 0. The van der Waals surface area contributed by atoms with Crippen molar-refractivity contribution in [1.29, 1.82) is 0 Å². The first kappa shape index (κ1) is 15.0. The van der Waals surface area contributed by atoms with Crippen molar-refractivity contribution in [2.75, 3.05) is 0 Å². The molecule has 3 amide bonds. The fourth-order valence-electron chi connectivity index (χ4n) is 2.49. The lowest BCUT2D eigenvalue weighted by Crippen LogP contribution is -2.48. The van der Waals surface area contributed by atoms with Crippen molar-refractivity contribution in [3.05, 3.63) is 21.4 Å². The predicted molar refractivity (Wildman–Crippen MR) is 82.4 cm³/mol. The number of amides is 3. The van der Waals surface area contributed by atoms with Crippen LogP contribution >= 0.6 is 11.3 Å².